The van der Waals surface area contributed by atoms with E-state index in [0.29, 0.717) is 24.5 Å². The van der Waals surface area contributed by atoms with Gasteiger partial charge in [0.05, 0.1) is 36.1 Å². The molecule has 0 spiro atoms. The van der Waals surface area contributed by atoms with Gasteiger partial charge in [-0.2, -0.15) is 63.2 Å². The lowest BCUT2D eigenvalue weighted by molar-refractivity contribution is -0.164. The Morgan fingerprint density at radius 2 is 0.861 bits per heavy atom. The summed E-state index contributed by atoms with van der Waals surface area (Å²) < 4.78 is 148. The van der Waals surface area contributed by atoms with E-state index >= 15 is 0 Å². The van der Waals surface area contributed by atoms with Crippen LogP contribution in [0, 0.1) is 22.7 Å². The molecule has 0 N–H and O–H groups in total. The first-order chi connectivity index (χ1) is 16.3. The van der Waals surface area contributed by atoms with Crippen LogP contribution in [0.1, 0.15) is 47.5 Å². The molecule has 0 radical (unpaired) electrons. The maximum atomic E-state index is 12.4. The van der Waals surface area contributed by atoms with Crippen LogP contribution >= 0.6 is 0 Å². The number of aromatic nitrogens is 2. The normalized spacial score (nSPS) is 11.8. The fourth-order valence-electron chi connectivity index (χ4n) is 2.28. The molecule has 2 aromatic heterocycles. The maximum absolute atomic E-state index is 12.4. The first-order valence-electron chi connectivity index (χ1n) is 9.32. The monoisotopic (exact) mass is 538 g/mol. The summed E-state index contributed by atoms with van der Waals surface area (Å²) in [5.41, 5.74) is -8.17. The molecule has 2 rings (SSSR count). The van der Waals surface area contributed by atoms with Gasteiger partial charge in [-0.3, -0.25) is 9.97 Å². The zero-order valence-electron chi connectivity index (χ0n) is 18.0. The number of hydrogen-bond acceptors (Lipinski definition) is 4. The Kier molecular flexibility index (Phi) is 11.2. The van der Waals surface area contributed by atoms with Crippen molar-refractivity contribution in [3.05, 3.63) is 58.2 Å². The second kappa shape index (κ2) is 12.4. The molecular formula is C20H14F12N4. The van der Waals surface area contributed by atoms with Crippen molar-refractivity contribution >= 4 is 0 Å². The van der Waals surface area contributed by atoms with Gasteiger partial charge in [-0.1, -0.05) is 13.8 Å². The van der Waals surface area contributed by atoms with E-state index in [-0.39, 0.29) is 11.1 Å². The molecule has 0 bridgehead atoms. The van der Waals surface area contributed by atoms with E-state index in [2.05, 4.69) is 9.97 Å². The van der Waals surface area contributed by atoms with Gasteiger partial charge in [-0.05, 0) is 23.3 Å². The predicted octanol–water partition coefficient (Wildman–Crippen LogP) is 7.40. The Labute approximate surface area is 195 Å². The van der Waals surface area contributed by atoms with Crippen molar-refractivity contribution in [2.24, 2.45) is 0 Å². The van der Waals surface area contributed by atoms with Crippen LogP contribution in [0.25, 0.3) is 0 Å². The zero-order chi connectivity index (χ0) is 28.5. The van der Waals surface area contributed by atoms with Crippen molar-refractivity contribution in [3.8, 4) is 12.1 Å². The molecule has 0 saturated heterocycles. The van der Waals surface area contributed by atoms with Crippen LogP contribution in [-0.4, -0.2) is 9.97 Å². The van der Waals surface area contributed by atoms with Crippen LogP contribution in [0.5, 0.6) is 0 Å². The van der Waals surface area contributed by atoms with Gasteiger partial charge in [0, 0.05) is 12.4 Å². The van der Waals surface area contributed by atoms with Crippen molar-refractivity contribution in [2.75, 3.05) is 0 Å². The summed E-state index contributed by atoms with van der Waals surface area (Å²) in [5.74, 6) is 0. The Morgan fingerprint density at radius 3 is 1.06 bits per heavy atom. The summed E-state index contributed by atoms with van der Waals surface area (Å²) in [7, 11) is 0. The lowest BCUT2D eigenvalue weighted by Crippen LogP contribution is -2.18. The molecule has 0 aliphatic rings. The van der Waals surface area contributed by atoms with Gasteiger partial charge in [-0.25, -0.2) is 0 Å². The zero-order valence-corrected chi connectivity index (χ0v) is 18.0. The Hall–Kier alpha value is -3.56. The number of alkyl halides is 12. The van der Waals surface area contributed by atoms with E-state index in [1.807, 2.05) is 13.8 Å². The number of rotatable bonds is 2. The standard InChI is InChI=1S/2C9H4F6N2.C2H6/c2*10-8(11,12)6-3-5(1-2-16)4-17-7(6)9(13,14)15;1-2/h2*3-4H,1H2;1-2H3. The molecule has 0 aromatic carbocycles. The van der Waals surface area contributed by atoms with Crippen LogP contribution in [0.15, 0.2) is 24.5 Å². The molecule has 2 aromatic rings. The lowest BCUT2D eigenvalue weighted by atomic mass is 10.1. The van der Waals surface area contributed by atoms with E-state index < -0.39 is 60.1 Å². The number of nitrogens with zero attached hydrogens (tertiary/aromatic N) is 4. The second-order valence-corrected chi connectivity index (χ2v) is 6.14. The summed E-state index contributed by atoms with van der Waals surface area (Å²) in [5, 5.41) is 16.5. The highest BCUT2D eigenvalue weighted by atomic mass is 19.4. The molecule has 0 fully saturated rings. The van der Waals surface area contributed by atoms with E-state index in [1.54, 1.807) is 0 Å². The fraction of sp³-hybridized carbons (Fsp3) is 0.400. The number of nitriles is 2. The predicted molar refractivity (Wildman–Crippen MR) is 98.5 cm³/mol. The number of hydrogen-bond donors (Lipinski definition) is 0. The average molecular weight is 538 g/mol. The van der Waals surface area contributed by atoms with Crippen molar-refractivity contribution < 1.29 is 52.7 Å². The first-order valence-corrected chi connectivity index (χ1v) is 9.32. The molecule has 198 valence electrons. The maximum Gasteiger partial charge on any atom is 0.433 e. The van der Waals surface area contributed by atoms with Crippen LogP contribution in [0.3, 0.4) is 0 Å². The summed E-state index contributed by atoms with van der Waals surface area (Å²) in [4.78, 5) is 5.48. The first kappa shape index (κ1) is 32.4. The minimum Gasteiger partial charge on any atom is -0.251 e. The van der Waals surface area contributed by atoms with E-state index in [1.165, 1.54) is 12.1 Å². The third-order valence-electron chi connectivity index (χ3n) is 3.60. The van der Waals surface area contributed by atoms with Gasteiger partial charge in [0.25, 0.3) is 0 Å². The van der Waals surface area contributed by atoms with Crippen molar-refractivity contribution in [1.82, 2.24) is 9.97 Å². The molecule has 0 atom stereocenters. The van der Waals surface area contributed by atoms with E-state index in [4.69, 9.17) is 10.5 Å². The van der Waals surface area contributed by atoms with Crippen molar-refractivity contribution in [3.63, 3.8) is 0 Å². The third-order valence-corrected chi connectivity index (χ3v) is 3.60. The van der Waals surface area contributed by atoms with Crippen LogP contribution in [0.2, 0.25) is 0 Å². The number of pyridine rings is 2. The minimum atomic E-state index is -5.18. The Bertz CT molecular complexity index is 997. The van der Waals surface area contributed by atoms with Gasteiger partial charge < -0.3 is 0 Å². The van der Waals surface area contributed by atoms with Crippen LogP contribution in [-0.2, 0) is 37.5 Å². The molecule has 0 amide bonds. The van der Waals surface area contributed by atoms with E-state index in [0.717, 1.165) is 0 Å². The molecule has 0 aliphatic heterocycles. The third kappa shape index (κ3) is 9.59. The minimum absolute atomic E-state index is 0.215. The van der Waals surface area contributed by atoms with Crippen molar-refractivity contribution in [2.45, 2.75) is 51.4 Å². The van der Waals surface area contributed by atoms with Gasteiger partial charge >= 0.3 is 24.7 Å². The Balaban J connectivity index is 0.000000637. The summed E-state index contributed by atoms with van der Waals surface area (Å²) in [6.45, 7) is 4.00. The van der Waals surface area contributed by atoms with Crippen molar-refractivity contribution in [1.29, 1.82) is 10.5 Å². The van der Waals surface area contributed by atoms with Gasteiger partial charge in [0.2, 0.25) is 0 Å². The Morgan fingerprint density at radius 1 is 0.583 bits per heavy atom. The SMILES string of the molecule is CC.N#CCc1cnc(C(F)(F)F)c(C(F)(F)F)c1.N#CCc1cnc(C(F)(F)F)c(C(F)(F)F)c1. The summed E-state index contributed by atoms with van der Waals surface area (Å²) in [6, 6.07) is 3.65. The van der Waals surface area contributed by atoms with Crippen LogP contribution in [0.4, 0.5) is 52.7 Å². The number of halogens is 12. The summed E-state index contributed by atoms with van der Waals surface area (Å²) in [6.07, 6.45) is -20.3. The molecule has 16 heteroatoms. The topological polar surface area (TPSA) is 73.4 Å². The quantitative estimate of drug-likeness (QED) is 0.374. The van der Waals surface area contributed by atoms with E-state index in [9.17, 15) is 52.7 Å². The smallest absolute Gasteiger partial charge is 0.251 e. The highest BCUT2D eigenvalue weighted by Gasteiger charge is 2.45. The molecule has 4 nitrogen and oxygen atoms in total. The molecule has 0 unspecified atom stereocenters. The fourth-order valence-corrected chi connectivity index (χ4v) is 2.28. The van der Waals surface area contributed by atoms with Gasteiger partial charge in [0.15, 0.2) is 11.4 Å². The molecule has 2 heterocycles. The lowest BCUT2D eigenvalue weighted by Gasteiger charge is -2.14. The second-order valence-electron chi connectivity index (χ2n) is 6.14. The average Bonchev–Trinajstić information content (AvgIpc) is 2.73. The molecule has 0 aliphatic carbocycles. The largest absolute Gasteiger partial charge is 0.433 e. The van der Waals surface area contributed by atoms with Gasteiger partial charge in [0.1, 0.15) is 0 Å². The molecular weight excluding hydrogens is 524 g/mol. The molecule has 0 saturated carbocycles. The molecule has 36 heavy (non-hydrogen) atoms. The highest BCUT2D eigenvalue weighted by molar-refractivity contribution is 5.32. The highest BCUT2D eigenvalue weighted by Crippen LogP contribution is 2.40. The van der Waals surface area contributed by atoms with Gasteiger partial charge in [-0.15, -0.1) is 0 Å². The summed E-state index contributed by atoms with van der Waals surface area (Å²) >= 11 is 0. The van der Waals surface area contributed by atoms with Crippen LogP contribution < -0.4 is 0 Å².